The fourth-order valence-electron chi connectivity index (χ4n) is 0. The summed E-state index contributed by atoms with van der Waals surface area (Å²) in [7, 11) is 12.0. The van der Waals surface area contributed by atoms with Crippen molar-refractivity contribution in [2.45, 2.75) is 0 Å². The SMILES string of the molecule is CN(C)C.CN(C)C.[Cl-].[Cl-].[O]=[Mo+2]=[O]. The first-order valence-electron chi connectivity index (χ1n) is 3.02. The van der Waals surface area contributed by atoms with Crippen molar-refractivity contribution in [3.05, 3.63) is 0 Å². The van der Waals surface area contributed by atoms with Crippen molar-refractivity contribution in [2.75, 3.05) is 42.3 Å². The molecule has 0 saturated heterocycles. The van der Waals surface area contributed by atoms with Crippen LogP contribution in [-0.4, -0.2) is 52.1 Å². The number of hydrogen-bond donors (Lipinski definition) is 0. The zero-order valence-electron chi connectivity index (χ0n) is 8.88. The second kappa shape index (κ2) is 29.3. The van der Waals surface area contributed by atoms with Crippen LogP contribution < -0.4 is 24.8 Å². The monoisotopic (exact) mass is 318 g/mol. The first kappa shape index (κ1) is 29.2. The van der Waals surface area contributed by atoms with E-state index in [4.69, 9.17) is 6.80 Å². The van der Waals surface area contributed by atoms with E-state index in [1.54, 1.807) is 0 Å². The van der Waals surface area contributed by atoms with E-state index in [1.165, 1.54) is 0 Å². The van der Waals surface area contributed by atoms with Crippen molar-refractivity contribution >= 4 is 0 Å². The summed E-state index contributed by atoms with van der Waals surface area (Å²) >= 11 is -2.03. The van der Waals surface area contributed by atoms with Gasteiger partial charge in [-0.25, -0.2) is 0 Å². The van der Waals surface area contributed by atoms with Crippen molar-refractivity contribution in [1.82, 2.24) is 9.80 Å². The molecule has 0 aromatic rings. The van der Waals surface area contributed by atoms with Crippen LogP contribution in [0.5, 0.6) is 0 Å². The van der Waals surface area contributed by atoms with Crippen LogP contribution >= 0.6 is 0 Å². The van der Waals surface area contributed by atoms with Gasteiger partial charge in [0.2, 0.25) is 0 Å². The molecule has 0 fully saturated rings. The van der Waals surface area contributed by atoms with Crippen LogP contribution in [0.1, 0.15) is 0 Å². The first-order valence-corrected chi connectivity index (χ1v) is 4.66. The Labute approximate surface area is 102 Å². The molecular formula is C6H18Cl2MoN2O2. The van der Waals surface area contributed by atoms with Gasteiger partial charge in [-0.15, -0.1) is 0 Å². The molecule has 0 radical (unpaired) electrons. The van der Waals surface area contributed by atoms with Gasteiger partial charge in [-0.2, -0.15) is 0 Å². The Balaban J connectivity index is -0.0000000231. The Kier molecular flexibility index (Phi) is 65.8. The summed E-state index contributed by atoms with van der Waals surface area (Å²) in [6.45, 7) is 0. The topological polar surface area (TPSA) is 40.6 Å². The van der Waals surface area contributed by atoms with Crippen LogP contribution in [0.3, 0.4) is 0 Å². The quantitative estimate of drug-likeness (QED) is 0.418. The Morgan fingerprint density at radius 3 is 0.692 bits per heavy atom. The summed E-state index contributed by atoms with van der Waals surface area (Å²) < 4.78 is 17.0. The van der Waals surface area contributed by atoms with Gasteiger partial charge in [0, 0.05) is 0 Å². The summed E-state index contributed by atoms with van der Waals surface area (Å²) in [4.78, 5) is 4.00. The third-order valence-corrected chi connectivity index (χ3v) is 0. The molecule has 0 aromatic carbocycles. The van der Waals surface area contributed by atoms with Gasteiger partial charge < -0.3 is 34.6 Å². The van der Waals surface area contributed by atoms with Crippen LogP contribution in [0.2, 0.25) is 0 Å². The van der Waals surface area contributed by atoms with Crippen molar-refractivity contribution in [3.63, 3.8) is 0 Å². The predicted molar refractivity (Wildman–Crippen MR) is 40.6 cm³/mol. The Morgan fingerprint density at radius 2 is 0.692 bits per heavy atom. The molecule has 0 amide bonds. The zero-order chi connectivity index (χ0) is 9.86. The van der Waals surface area contributed by atoms with E-state index >= 15 is 0 Å². The van der Waals surface area contributed by atoms with Crippen molar-refractivity contribution in [1.29, 1.82) is 0 Å². The normalized spacial score (nSPS) is 6.15. The molecule has 84 valence electrons. The van der Waals surface area contributed by atoms with Gasteiger partial charge >= 0.3 is 25.3 Å². The fourth-order valence-corrected chi connectivity index (χ4v) is 0. The van der Waals surface area contributed by atoms with Crippen LogP contribution in [0, 0.1) is 0 Å². The van der Waals surface area contributed by atoms with E-state index in [-0.39, 0.29) is 24.8 Å². The third kappa shape index (κ3) is 2400. The van der Waals surface area contributed by atoms with Gasteiger partial charge in [-0.1, -0.05) is 0 Å². The minimum atomic E-state index is -2.03. The van der Waals surface area contributed by atoms with E-state index in [9.17, 15) is 0 Å². The van der Waals surface area contributed by atoms with Gasteiger partial charge in [0.25, 0.3) is 0 Å². The summed E-state index contributed by atoms with van der Waals surface area (Å²) in [6, 6.07) is 0. The van der Waals surface area contributed by atoms with E-state index in [1.807, 2.05) is 52.1 Å². The number of nitrogens with zero attached hydrogens (tertiary/aromatic N) is 2. The molecule has 0 heterocycles. The maximum atomic E-state index is 8.50. The molecule has 0 N–H and O–H groups in total. The van der Waals surface area contributed by atoms with E-state index in [2.05, 4.69) is 0 Å². The van der Waals surface area contributed by atoms with Crippen LogP contribution in [0.4, 0.5) is 0 Å². The van der Waals surface area contributed by atoms with Crippen molar-refractivity contribution in [2.24, 2.45) is 0 Å². The van der Waals surface area contributed by atoms with E-state index in [0.29, 0.717) is 0 Å². The van der Waals surface area contributed by atoms with Crippen molar-refractivity contribution < 1.29 is 50.1 Å². The summed E-state index contributed by atoms with van der Waals surface area (Å²) in [5.74, 6) is 0. The molecule has 0 unspecified atom stereocenters. The van der Waals surface area contributed by atoms with E-state index in [0.717, 1.165) is 0 Å². The minimum absolute atomic E-state index is 0. The van der Waals surface area contributed by atoms with Gasteiger partial charge in [-0.3, -0.25) is 0 Å². The van der Waals surface area contributed by atoms with Gasteiger partial charge in [0.05, 0.1) is 0 Å². The first-order chi connectivity index (χ1) is 4.88. The van der Waals surface area contributed by atoms with Crippen LogP contribution in [-0.2, 0) is 25.3 Å². The molecule has 0 atom stereocenters. The molecule has 0 aliphatic carbocycles. The Bertz CT molecular complexity index is 87.1. The summed E-state index contributed by atoms with van der Waals surface area (Å²) in [6.07, 6.45) is 0. The molecule has 0 aliphatic rings. The molecule has 4 nitrogen and oxygen atoms in total. The second-order valence-corrected chi connectivity index (χ2v) is 3.09. The average molecular weight is 317 g/mol. The maximum absolute atomic E-state index is 8.50. The predicted octanol–water partition coefficient (Wildman–Crippen LogP) is -5.88. The molecule has 0 saturated carbocycles. The van der Waals surface area contributed by atoms with Crippen LogP contribution in [0.25, 0.3) is 0 Å². The number of rotatable bonds is 0. The number of hydrogen-bond acceptors (Lipinski definition) is 4. The molecule has 0 spiro atoms. The standard InChI is InChI=1S/2C3H9N.2ClH.Mo.2O/c2*1-4(2)3;;;;;/h2*1-3H3;2*1H;;;/q;;;;+2;;/p-2. The average Bonchev–Trinajstić information content (AvgIpc) is 1.60. The van der Waals surface area contributed by atoms with E-state index < -0.39 is 18.5 Å². The number of halogens is 2. The molecule has 7 heteroatoms. The van der Waals surface area contributed by atoms with Gasteiger partial charge in [0.1, 0.15) is 0 Å². The Hall–Kier alpha value is 0.788. The van der Waals surface area contributed by atoms with Crippen LogP contribution in [0.15, 0.2) is 0 Å². The summed E-state index contributed by atoms with van der Waals surface area (Å²) in [5, 5.41) is 0. The fraction of sp³-hybridized carbons (Fsp3) is 1.00. The molecular weight excluding hydrogens is 299 g/mol. The molecule has 0 aliphatic heterocycles. The molecule has 0 rings (SSSR count). The second-order valence-electron chi connectivity index (χ2n) is 2.75. The third-order valence-electron chi connectivity index (χ3n) is 0. The van der Waals surface area contributed by atoms with Gasteiger partial charge in [0.15, 0.2) is 0 Å². The summed E-state index contributed by atoms with van der Waals surface area (Å²) in [5.41, 5.74) is 0. The van der Waals surface area contributed by atoms with Crippen molar-refractivity contribution in [3.8, 4) is 0 Å². The zero-order valence-corrected chi connectivity index (χ0v) is 12.4. The molecule has 0 aromatic heterocycles. The molecule has 0 bridgehead atoms. The van der Waals surface area contributed by atoms with Gasteiger partial charge in [-0.05, 0) is 42.3 Å². The molecule has 13 heavy (non-hydrogen) atoms. The Morgan fingerprint density at radius 1 is 0.692 bits per heavy atom.